The van der Waals surface area contributed by atoms with Crippen LogP contribution in [0.1, 0.15) is 24.8 Å². The molecule has 0 aliphatic heterocycles. The van der Waals surface area contributed by atoms with Gasteiger partial charge in [0, 0.05) is 24.2 Å². The Morgan fingerprint density at radius 2 is 1.62 bits per heavy atom. The van der Waals surface area contributed by atoms with Gasteiger partial charge in [-0.3, -0.25) is 0 Å². The predicted molar refractivity (Wildman–Crippen MR) is 107 cm³/mol. The van der Waals surface area contributed by atoms with Crippen LogP contribution in [0.3, 0.4) is 0 Å². The molecule has 4 heteroatoms. The fourth-order valence-corrected chi connectivity index (χ4v) is 2.92. The van der Waals surface area contributed by atoms with Crippen LogP contribution in [0.25, 0.3) is 11.3 Å². The van der Waals surface area contributed by atoms with Gasteiger partial charge in [0.15, 0.2) is 0 Å². The van der Waals surface area contributed by atoms with Gasteiger partial charge in [-0.2, -0.15) is 4.98 Å². The lowest BCUT2D eigenvalue weighted by Crippen LogP contribution is -2.10. The molecule has 1 aromatic heterocycles. The number of rotatable bonds is 8. The fourth-order valence-electron chi connectivity index (χ4n) is 2.92. The maximum Gasteiger partial charge on any atom is 0.225 e. The second kappa shape index (κ2) is 8.00. The summed E-state index contributed by atoms with van der Waals surface area (Å²) >= 11 is 0. The van der Waals surface area contributed by atoms with Crippen molar-refractivity contribution in [3.05, 3.63) is 72.3 Å². The van der Waals surface area contributed by atoms with Crippen LogP contribution in [0, 0.1) is 0 Å². The summed E-state index contributed by atoms with van der Waals surface area (Å²) in [4.78, 5) is 9.35. The van der Waals surface area contributed by atoms with Crippen molar-refractivity contribution in [2.75, 3.05) is 17.2 Å². The average molecular weight is 344 g/mol. The Labute approximate surface area is 154 Å². The van der Waals surface area contributed by atoms with Crippen LogP contribution in [-0.4, -0.2) is 22.6 Å². The molecule has 132 valence electrons. The molecule has 0 amide bonds. The first kappa shape index (κ1) is 16.6. The summed E-state index contributed by atoms with van der Waals surface area (Å²) in [6, 6.07) is 23.4. The zero-order chi connectivity index (χ0) is 17.6. The van der Waals surface area contributed by atoms with Crippen molar-refractivity contribution in [1.82, 2.24) is 9.97 Å². The molecule has 0 saturated heterocycles. The van der Waals surface area contributed by atoms with Crippen LogP contribution in [-0.2, 0) is 6.42 Å². The summed E-state index contributed by atoms with van der Waals surface area (Å²) in [5.74, 6) is 1.61. The van der Waals surface area contributed by atoms with Crippen LogP contribution in [0.2, 0.25) is 0 Å². The third kappa shape index (κ3) is 4.60. The van der Waals surface area contributed by atoms with E-state index in [1.54, 1.807) is 0 Å². The first-order chi connectivity index (χ1) is 12.9. The van der Waals surface area contributed by atoms with E-state index in [0.717, 1.165) is 42.4 Å². The van der Waals surface area contributed by atoms with Gasteiger partial charge in [0.05, 0.1) is 5.69 Å². The molecule has 2 N–H and O–H groups in total. The number of nitrogens with zero attached hydrogens (tertiary/aromatic N) is 2. The molecular formula is C22H24N4. The highest BCUT2D eigenvalue weighted by Gasteiger charge is 2.22. The minimum atomic E-state index is 0.534. The smallest absolute Gasteiger partial charge is 0.225 e. The zero-order valence-electron chi connectivity index (χ0n) is 14.9. The van der Waals surface area contributed by atoms with Gasteiger partial charge in [-0.25, -0.2) is 4.98 Å². The van der Waals surface area contributed by atoms with Crippen molar-refractivity contribution in [1.29, 1.82) is 0 Å². The van der Waals surface area contributed by atoms with E-state index in [2.05, 4.69) is 58.1 Å². The monoisotopic (exact) mass is 344 g/mol. The Bertz CT molecular complexity index is 829. The Hall–Kier alpha value is -2.88. The fraction of sp³-hybridized carbons (Fsp3) is 0.273. The highest BCUT2D eigenvalue weighted by molar-refractivity contribution is 5.64. The standard InChI is InChI=1S/C22H24N4/c1-3-8-17(9-4-1)10-7-15-23-21-16-20(18-11-5-2-6-12-18)25-22(26-21)24-19-13-14-19/h1-6,8-9,11-12,16,19H,7,10,13-15H2,(H2,23,24,25,26). The number of aryl methyl sites for hydroxylation is 1. The van der Waals surface area contributed by atoms with Crippen LogP contribution in [0.5, 0.6) is 0 Å². The first-order valence-electron chi connectivity index (χ1n) is 9.36. The molecular weight excluding hydrogens is 320 g/mol. The summed E-state index contributed by atoms with van der Waals surface area (Å²) in [5, 5.41) is 6.89. The molecule has 1 heterocycles. The minimum Gasteiger partial charge on any atom is -0.370 e. The van der Waals surface area contributed by atoms with Gasteiger partial charge in [0.25, 0.3) is 0 Å². The van der Waals surface area contributed by atoms with E-state index < -0.39 is 0 Å². The van der Waals surface area contributed by atoms with Crippen molar-refractivity contribution >= 4 is 11.8 Å². The topological polar surface area (TPSA) is 49.8 Å². The van der Waals surface area contributed by atoms with Gasteiger partial charge in [0.1, 0.15) is 5.82 Å². The highest BCUT2D eigenvalue weighted by Crippen LogP contribution is 2.26. The molecule has 26 heavy (non-hydrogen) atoms. The molecule has 3 aromatic rings. The van der Waals surface area contributed by atoms with E-state index in [1.807, 2.05) is 24.3 Å². The third-order valence-electron chi connectivity index (χ3n) is 4.50. The van der Waals surface area contributed by atoms with Gasteiger partial charge in [-0.15, -0.1) is 0 Å². The SMILES string of the molecule is c1ccc(CCCNc2cc(-c3ccccc3)nc(NC3CC3)n2)cc1. The number of hydrogen-bond acceptors (Lipinski definition) is 4. The predicted octanol–water partition coefficient (Wildman–Crippen LogP) is 4.76. The maximum absolute atomic E-state index is 4.70. The maximum atomic E-state index is 4.70. The van der Waals surface area contributed by atoms with E-state index in [-0.39, 0.29) is 0 Å². The first-order valence-corrected chi connectivity index (χ1v) is 9.36. The molecule has 0 atom stereocenters. The van der Waals surface area contributed by atoms with Gasteiger partial charge >= 0.3 is 0 Å². The quantitative estimate of drug-likeness (QED) is 0.578. The van der Waals surface area contributed by atoms with Crippen LogP contribution >= 0.6 is 0 Å². The Morgan fingerprint density at radius 1 is 0.885 bits per heavy atom. The lowest BCUT2D eigenvalue weighted by Gasteiger charge is -2.11. The molecule has 4 nitrogen and oxygen atoms in total. The Morgan fingerprint density at radius 3 is 2.35 bits per heavy atom. The van der Waals surface area contributed by atoms with Crippen molar-refractivity contribution in [2.45, 2.75) is 31.7 Å². The number of benzene rings is 2. The number of hydrogen-bond donors (Lipinski definition) is 2. The van der Waals surface area contributed by atoms with Crippen molar-refractivity contribution in [2.24, 2.45) is 0 Å². The Balaban J connectivity index is 1.43. The van der Waals surface area contributed by atoms with Crippen LogP contribution in [0.4, 0.5) is 11.8 Å². The normalized spacial score (nSPS) is 13.4. The Kier molecular flexibility index (Phi) is 5.10. The summed E-state index contributed by atoms with van der Waals surface area (Å²) in [6.45, 7) is 0.892. The number of aromatic nitrogens is 2. The van der Waals surface area contributed by atoms with Crippen LogP contribution in [0.15, 0.2) is 66.7 Å². The molecule has 4 rings (SSSR count). The largest absolute Gasteiger partial charge is 0.370 e. The van der Waals surface area contributed by atoms with Gasteiger partial charge in [-0.1, -0.05) is 60.7 Å². The van der Waals surface area contributed by atoms with Gasteiger partial charge in [-0.05, 0) is 31.2 Å². The van der Waals surface area contributed by atoms with Crippen molar-refractivity contribution in [3.63, 3.8) is 0 Å². The third-order valence-corrected chi connectivity index (χ3v) is 4.50. The summed E-state index contributed by atoms with van der Waals surface area (Å²) in [7, 11) is 0. The van der Waals surface area contributed by atoms with Gasteiger partial charge in [0.2, 0.25) is 5.95 Å². The molecule has 2 aromatic carbocycles. The van der Waals surface area contributed by atoms with E-state index in [9.17, 15) is 0 Å². The van der Waals surface area contributed by atoms with Crippen molar-refractivity contribution in [3.8, 4) is 11.3 Å². The van der Waals surface area contributed by atoms with E-state index in [1.165, 1.54) is 18.4 Å². The summed E-state index contributed by atoms with van der Waals surface area (Å²) in [5.41, 5.74) is 3.44. The molecule has 0 radical (unpaired) electrons. The molecule has 1 aliphatic rings. The average Bonchev–Trinajstić information content (AvgIpc) is 3.51. The molecule has 0 bridgehead atoms. The highest BCUT2D eigenvalue weighted by atomic mass is 15.2. The molecule has 0 unspecified atom stereocenters. The van der Waals surface area contributed by atoms with Gasteiger partial charge < -0.3 is 10.6 Å². The van der Waals surface area contributed by atoms with Crippen molar-refractivity contribution < 1.29 is 0 Å². The molecule has 1 saturated carbocycles. The number of anilines is 2. The zero-order valence-corrected chi connectivity index (χ0v) is 14.9. The van der Waals surface area contributed by atoms with E-state index in [0.29, 0.717) is 6.04 Å². The minimum absolute atomic E-state index is 0.534. The lowest BCUT2D eigenvalue weighted by molar-refractivity contribution is 0.858. The van der Waals surface area contributed by atoms with E-state index in [4.69, 9.17) is 4.98 Å². The molecule has 0 spiro atoms. The second-order valence-corrected chi connectivity index (χ2v) is 6.76. The molecule has 1 aliphatic carbocycles. The summed E-state index contributed by atoms with van der Waals surface area (Å²) in [6.07, 6.45) is 4.55. The van der Waals surface area contributed by atoms with E-state index >= 15 is 0 Å². The second-order valence-electron chi connectivity index (χ2n) is 6.76. The van der Waals surface area contributed by atoms with Crippen LogP contribution < -0.4 is 10.6 Å². The number of nitrogens with one attached hydrogen (secondary N) is 2. The lowest BCUT2D eigenvalue weighted by atomic mass is 10.1. The summed E-state index contributed by atoms with van der Waals surface area (Å²) < 4.78 is 0. The molecule has 1 fully saturated rings.